The summed E-state index contributed by atoms with van der Waals surface area (Å²) in [7, 11) is -2.58. The van der Waals surface area contributed by atoms with Gasteiger partial charge in [0.2, 0.25) is 11.8 Å². The molecule has 3 aromatic carbocycles. The van der Waals surface area contributed by atoms with Crippen LogP contribution in [0.1, 0.15) is 43.7 Å². The predicted molar refractivity (Wildman–Crippen MR) is 161 cm³/mol. The number of ether oxygens (including phenoxy) is 1. The lowest BCUT2D eigenvalue weighted by Gasteiger charge is -2.32. The Morgan fingerprint density at radius 3 is 2.17 bits per heavy atom. The van der Waals surface area contributed by atoms with E-state index in [0.717, 1.165) is 41.1 Å². The van der Waals surface area contributed by atoms with Gasteiger partial charge in [0, 0.05) is 17.6 Å². The molecule has 8 nitrogen and oxygen atoms in total. The molecule has 41 heavy (non-hydrogen) atoms. The number of hydrogen-bond donors (Lipinski definition) is 1. The minimum Gasteiger partial charge on any atom is -0.497 e. The van der Waals surface area contributed by atoms with Crippen molar-refractivity contribution in [2.75, 3.05) is 18.0 Å². The molecule has 1 atom stereocenters. The van der Waals surface area contributed by atoms with Gasteiger partial charge in [0.25, 0.3) is 10.0 Å². The minimum atomic E-state index is -4.15. The van der Waals surface area contributed by atoms with Crippen LogP contribution >= 0.6 is 11.6 Å². The number of aryl methyl sites for hydroxylation is 1. The van der Waals surface area contributed by atoms with E-state index in [2.05, 4.69) is 5.32 Å². The van der Waals surface area contributed by atoms with Gasteiger partial charge >= 0.3 is 0 Å². The zero-order valence-electron chi connectivity index (χ0n) is 23.5. The molecule has 218 valence electrons. The Bertz CT molecular complexity index is 1440. The third-order valence-electron chi connectivity index (χ3n) is 7.38. The molecule has 0 bridgehead atoms. The topological polar surface area (TPSA) is 96.0 Å². The largest absolute Gasteiger partial charge is 0.497 e. The van der Waals surface area contributed by atoms with Crippen molar-refractivity contribution < 1.29 is 22.7 Å². The van der Waals surface area contributed by atoms with Gasteiger partial charge in [-0.25, -0.2) is 8.42 Å². The van der Waals surface area contributed by atoms with Gasteiger partial charge in [-0.3, -0.25) is 13.9 Å². The average Bonchev–Trinajstić information content (AvgIpc) is 3.48. The van der Waals surface area contributed by atoms with Gasteiger partial charge in [0.05, 0.1) is 17.7 Å². The number of amides is 2. The van der Waals surface area contributed by atoms with Gasteiger partial charge in [-0.1, -0.05) is 54.3 Å². The third-order valence-corrected chi connectivity index (χ3v) is 9.42. The van der Waals surface area contributed by atoms with Crippen molar-refractivity contribution in [1.29, 1.82) is 0 Å². The van der Waals surface area contributed by atoms with E-state index in [0.29, 0.717) is 16.5 Å². The molecule has 1 aliphatic carbocycles. The van der Waals surface area contributed by atoms with E-state index in [1.54, 1.807) is 50.4 Å². The van der Waals surface area contributed by atoms with Gasteiger partial charge in [-0.15, -0.1) is 0 Å². The van der Waals surface area contributed by atoms with Crippen LogP contribution < -0.4 is 14.4 Å². The first-order chi connectivity index (χ1) is 19.6. The van der Waals surface area contributed by atoms with E-state index >= 15 is 0 Å². The van der Waals surface area contributed by atoms with Gasteiger partial charge in [0.15, 0.2) is 0 Å². The number of anilines is 1. The maximum atomic E-state index is 14.0. The van der Waals surface area contributed by atoms with Crippen LogP contribution in [0.25, 0.3) is 0 Å². The number of methoxy groups -OCH3 is 1. The molecule has 1 fully saturated rings. The van der Waals surface area contributed by atoms with Gasteiger partial charge < -0.3 is 15.0 Å². The summed E-state index contributed by atoms with van der Waals surface area (Å²) in [5, 5.41) is 3.47. The van der Waals surface area contributed by atoms with E-state index in [-0.39, 0.29) is 23.4 Å². The Morgan fingerprint density at radius 2 is 1.59 bits per heavy atom. The number of benzene rings is 3. The second-order valence-electron chi connectivity index (χ2n) is 10.3. The highest BCUT2D eigenvalue weighted by atomic mass is 35.5. The fraction of sp³-hybridized carbons (Fsp3) is 0.355. The SMILES string of the molecule is COc1ccc(CN(C(=O)CN(c2ccc(C)cc2)S(=O)(=O)c2ccc(Cl)cc2)[C@@H](C)C(=O)NC2CCCC2)cc1. The lowest BCUT2D eigenvalue weighted by atomic mass is 10.1. The summed E-state index contributed by atoms with van der Waals surface area (Å²) < 4.78 is 34.1. The molecular weight excluding hydrogens is 562 g/mol. The van der Waals surface area contributed by atoms with Crippen LogP contribution in [0.4, 0.5) is 5.69 Å². The molecule has 0 aromatic heterocycles. The smallest absolute Gasteiger partial charge is 0.264 e. The maximum absolute atomic E-state index is 14.0. The number of hydrogen-bond acceptors (Lipinski definition) is 5. The number of carbonyl (C=O) groups is 2. The molecule has 0 radical (unpaired) electrons. The molecule has 1 N–H and O–H groups in total. The summed E-state index contributed by atoms with van der Waals surface area (Å²) in [5.74, 6) is -0.104. The van der Waals surface area contributed by atoms with Gasteiger partial charge in [0.1, 0.15) is 18.3 Å². The zero-order valence-corrected chi connectivity index (χ0v) is 25.1. The second-order valence-corrected chi connectivity index (χ2v) is 12.6. The minimum absolute atomic E-state index is 0.00371. The Kier molecular flexibility index (Phi) is 9.94. The quantitative estimate of drug-likeness (QED) is 0.322. The second kappa shape index (κ2) is 13.4. The Balaban J connectivity index is 1.67. The number of sulfonamides is 1. The van der Waals surface area contributed by atoms with E-state index in [4.69, 9.17) is 16.3 Å². The number of nitrogens with one attached hydrogen (secondary N) is 1. The molecule has 1 saturated carbocycles. The molecule has 10 heteroatoms. The summed E-state index contributed by atoms with van der Waals surface area (Å²) in [4.78, 5) is 28.8. The summed E-state index contributed by atoms with van der Waals surface area (Å²) in [6, 6.07) is 19.2. The van der Waals surface area contributed by atoms with Crippen molar-refractivity contribution in [3.63, 3.8) is 0 Å². The first-order valence-electron chi connectivity index (χ1n) is 13.7. The molecule has 0 aliphatic heterocycles. The number of carbonyl (C=O) groups excluding carboxylic acids is 2. The van der Waals surface area contributed by atoms with E-state index in [1.807, 2.05) is 19.1 Å². The zero-order chi connectivity index (χ0) is 29.6. The van der Waals surface area contributed by atoms with E-state index in [9.17, 15) is 18.0 Å². The first-order valence-corrected chi connectivity index (χ1v) is 15.5. The molecule has 0 saturated heterocycles. The number of halogens is 1. The van der Waals surface area contributed by atoms with Gasteiger partial charge in [-0.2, -0.15) is 0 Å². The Morgan fingerprint density at radius 1 is 0.976 bits per heavy atom. The lowest BCUT2D eigenvalue weighted by molar-refractivity contribution is -0.139. The Labute approximate surface area is 247 Å². The van der Waals surface area contributed by atoms with Crippen LogP contribution in [0, 0.1) is 6.92 Å². The van der Waals surface area contributed by atoms with E-state index in [1.165, 1.54) is 29.2 Å². The van der Waals surface area contributed by atoms with Crippen LogP contribution in [0.3, 0.4) is 0 Å². The standard InChI is InChI=1S/C31H36ClN3O5S/c1-22-8-14-27(15-9-22)35(41(38,39)29-18-12-25(32)13-19-29)21-30(36)34(20-24-10-16-28(40-3)17-11-24)23(2)31(37)33-26-6-4-5-7-26/h8-19,23,26H,4-7,20-21H2,1-3H3,(H,33,37)/t23-/m0/s1. The number of rotatable bonds is 11. The number of nitrogens with zero attached hydrogens (tertiary/aromatic N) is 2. The third kappa shape index (κ3) is 7.59. The Hall–Kier alpha value is -3.56. The molecule has 4 rings (SSSR count). The lowest BCUT2D eigenvalue weighted by Crippen LogP contribution is -2.52. The molecule has 0 heterocycles. The summed E-state index contributed by atoms with van der Waals surface area (Å²) in [6.07, 6.45) is 3.93. The summed E-state index contributed by atoms with van der Waals surface area (Å²) in [6.45, 7) is 3.19. The van der Waals surface area contributed by atoms with E-state index < -0.39 is 28.5 Å². The van der Waals surface area contributed by atoms with Crippen molar-refractivity contribution in [1.82, 2.24) is 10.2 Å². The summed E-state index contributed by atoms with van der Waals surface area (Å²) >= 11 is 6.01. The maximum Gasteiger partial charge on any atom is 0.264 e. The molecule has 3 aromatic rings. The van der Waals surface area contributed by atoms with Crippen molar-refractivity contribution in [3.8, 4) is 5.75 Å². The normalized spacial score (nSPS) is 14.3. The highest BCUT2D eigenvalue weighted by Gasteiger charge is 2.33. The highest BCUT2D eigenvalue weighted by Crippen LogP contribution is 2.26. The van der Waals surface area contributed by atoms with Crippen LogP contribution in [-0.4, -0.2) is 50.9 Å². The average molecular weight is 598 g/mol. The molecule has 0 unspecified atom stereocenters. The predicted octanol–water partition coefficient (Wildman–Crippen LogP) is 5.33. The molecule has 2 amide bonds. The van der Waals surface area contributed by atoms with Crippen LogP contribution in [-0.2, 0) is 26.2 Å². The summed E-state index contributed by atoms with van der Waals surface area (Å²) in [5.41, 5.74) is 2.07. The highest BCUT2D eigenvalue weighted by molar-refractivity contribution is 7.92. The van der Waals surface area contributed by atoms with Crippen molar-refractivity contribution >= 4 is 39.1 Å². The molecule has 0 spiro atoms. The van der Waals surface area contributed by atoms with Crippen molar-refractivity contribution in [2.24, 2.45) is 0 Å². The van der Waals surface area contributed by atoms with Crippen molar-refractivity contribution in [3.05, 3.63) is 88.9 Å². The van der Waals surface area contributed by atoms with Crippen LogP contribution in [0.15, 0.2) is 77.7 Å². The fourth-order valence-corrected chi connectivity index (χ4v) is 6.42. The van der Waals surface area contributed by atoms with Crippen LogP contribution in [0.5, 0.6) is 5.75 Å². The van der Waals surface area contributed by atoms with Gasteiger partial charge in [-0.05, 0) is 80.8 Å². The van der Waals surface area contributed by atoms with Crippen LogP contribution in [0.2, 0.25) is 5.02 Å². The van der Waals surface area contributed by atoms with Crippen molar-refractivity contribution in [2.45, 2.75) is 63.1 Å². The first kappa shape index (κ1) is 30.4. The fourth-order valence-electron chi connectivity index (χ4n) is 4.88. The monoisotopic (exact) mass is 597 g/mol. The molecule has 1 aliphatic rings. The molecular formula is C31H36ClN3O5S.